The van der Waals surface area contributed by atoms with Gasteiger partial charge in [-0.2, -0.15) is 0 Å². The topological polar surface area (TPSA) is 52.6 Å². The zero-order valence-electron chi connectivity index (χ0n) is 12.0. The first-order valence-electron chi connectivity index (χ1n) is 7.20. The maximum Gasteiger partial charge on any atom is 0.222 e. The van der Waals surface area contributed by atoms with Crippen LogP contribution in [0.2, 0.25) is 0 Å². The highest BCUT2D eigenvalue weighted by molar-refractivity contribution is 5.78. The lowest BCUT2D eigenvalue weighted by Crippen LogP contribution is -2.51. The highest BCUT2D eigenvalue weighted by Crippen LogP contribution is 2.20. The second-order valence-electron chi connectivity index (χ2n) is 5.73. The summed E-state index contributed by atoms with van der Waals surface area (Å²) in [6, 6.07) is 0.247. The number of aliphatic hydroxyl groups is 1. The zero-order chi connectivity index (χ0) is 13.5. The molecule has 1 amide bonds. The molecule has 1 aliphatic rings. The van der Waals surface area contributed by atoms with E-state index in [2.05, 4.69) is 17.1 Å². The largest absolute Gasteiger partial charge is 0.396 e. The average molecular weight is 256 g/mol. The number of hydrogen-bond acceptors (Lipinski definition) is 3. The third kappa shape index (κ3) is 4.94. The summed E-state index contributed by atoms with van der Waals surface area (Å²) in [6.07, 6.45) is 2.98. The Hall–Kier alpha value is -0.610. The fourth-order valence-corrected chi connectivity index (χ4v) is 2.67. The van der Waals surface area contributed by atoms with Crippen molar-refractivity contribution in [2.45, 2.75) is 46.1 Å². The predicted molar refractivity (Wildman–Crippen MR) is 73.3 cm³/mol. The smallest absolute Gasteiger partial charge is 0.222 e. The molecule has 18 heavy (non-hydrogen) atoms. The van der Waals surface area contributed by atoms with Gasteiger partial charge in [0.1, 0.15) is 0 Å². The molecule has 1 fully saturated rings. The third-order valence-corrected chi connectivity index (χ3v) is 3.56. The molecule has 0 saturated carbocycles. The summed E-state index contributed by atoms with van der Waals surface area (Å²) in [5, 5.41) is 12.2. The van der Waals surface area contributed by atoms with Gasteiger partial charge < -0.3 is 15.3 Å². The lowest BCUT2D eigenvalue weighted by Gasteiger charge is -2.38. The fraction of sp³-hybridized carbons (Fsp3) is 0.929. The molecule has 0 aromatic rings. The van der Waals surface area contributed by atoms with Gasteiger partial charge in [-0.15, -0.1) is 0 Å². The molecular weight excluding hydrogens is 228 g/mol. The van der Waals surface area contributed by atoms with Crippen molar-refractivity contribution in [2.75, 3.05) is 26.2 Å². The number of likely N-dealkylation sites (tertiary alicyclic amines) is 1. The van der Waals surface area contributed by atoms with Crippen molar-refractivity contribution in [1.29, 1.82) is 0 Å². The molecule has 106 valence electrons. The number of aliphatic hydroxyl groups excluding tert-OH is 1. The van der Waals surface area contributed by atoms with E-state index in [0.29, 0.717) is 5.92 Å². The van der Waals surface area contributed by atoms with Crippen molar-refractivity contribution >= 4 is 5.91 Å². The van der Waals surface area contributed by atoms with Crippen molar-refractivity contribution in [3.05, 3.63) is 0 Å². The summed E-state index contributed by atoms with van der Waals surface area (Å²) in [7, 11) is 0. The van der Waals surface area contributed by atoms with Gasteiger partial charge in [-0.25, -0.2) is 0 Å². The first-order valence-corrected chi connectivity index (χ1v) is 7.20. The van der Waals surface area contributed by atoms with Crippen LogP contribution in [0.25, 0.3) is 0 Å². The molecule has 2 atom stereocenters. The van der Waals surface area contributed by atoms with Gasteiger partial charge >= 0.3 is 0 Å². The predicted octanol–water partition coefficient (Wildman–Crippen LogP) is 1.24. The monoisotopic (exact) mass is 256 g/mol. The molecule has 0 radical (unpaired) electrons. The van der Waals surface area contributed by atoms with E-state index in [-0.39, 0.29) is 24.5 Å². The van der Waals surface area contributed by atoms with Crippen LogP contribution in [0.4, 0.5) is 0 Å². The van der Waals surface area contributed by atoms with E-state index in [1.54, 1.807) is 0 Å². The maximum atomic E-state index is 11.8. The van der Waals surface area contributed by atoms with Gasteiger partial charge in [0.15, 0.2) is 0 Å². The van der Waals surface area contributed by atoms with Crippen LogP contribution in [0.1, 0.15) is 40.0 Å². The fourth-order valence-electron chi connectivity index (χ4n) is 2.67. The van der Waals surface area contributed by atoms with E-state index in [9.17, 15) is 4.79 Å². The molecule has 1 heterocycles. The van der Waals surface area contributed by atoms with Crippen molar-refractivity contribution in [2.24, 2.45) is 11.8 Å². The molecule has 0 aromatic heterocycles. The van der Waals surface area contributed by atoms with Gasteiger partial charge in [0.25, 0.3) is 0 Å². The number of hydrogen-bond donors (Lipinski definition) is 2. The van der Waals surface area contributed by atoms with Crippen molar-refractivity contribution in [1.82, 2.24) is 10.2 Å². The molecule has 0 bridgehead atoms. The Bertz CT molecular complexity index is 242. The van der Waals surface area contributed by atoms with Crippen LogP contribution in [0.15, 0.2) is 0 Å². The minimum absolute atomic E-state index is 0.0443. The summed E-state index contributed by atoms with van der Waals surface area (Å²) in [6.45, 7) is 9.36. The lowest BCUT2D eigenvalue weighted by molar-refractivity contribution is -0.125. The summed E-state index contributed by atoms with van der Waals surface area (Å²) in [5.74, 6) is 0.691. The average Bonchev–Trinajstić information content (AvgIpc) is 2.29. The molecule has 2 unspecified atom stereocenters. The van der Waals surface area contributed by atoms with E-state index >= 15 is 0 Å². The Kier molecular flexibility index (Phi) is 6.65. The van der Waals surface area contributed by atoms with Crippen LogP contribution in [0.3, 0.4) is 0 Å². The van der Waals surface area contributed by atoms with Gasteiger partial charge in [-0.05, 0) is 31.7 Å². The second-order valence-corrected chi connectivity index (χ2v) is 5.73. The number of nitrogens with zero attached hydrogens (tertiary/aromatic N) is 1. The molecular formula is C14H28N2O2. The molecule has 4 nitrogen and oxygen atoms in total. The normalized spacial score (nSPS) is 25.4. The first-order chi connectivity index (χ1) is 8.56. The molecule has 1 saturated heterocycles. The summed E-state index contributed by atoms with van der Waals surface area (Å²) in [5.41, 5.74) is 0. The highest BCUT2D eigenvalue weighted by atomic mass is 16.3. The molecule has 0 spiro atoms. The number of rotatable bonds is 6. The molecule has 1 rings (SSSR count). The van der Waals surface area contributed by atoms with Crippen LogP contribution in [0.5, 0.6) is 0 Å². The van der Waals surface area contributed by atoms with Crippen LogP contribution in [-0.2, 0) is 4.79 Å². The SMILES string of the molecule is CCCN1CC(CCO)CC(NC(=O)C(C)C)C1. The van der Waals surface area contributed by atoms with Crippen molar-refractivity contribution in [3.8, 4) is 0 Å². The molecule has 0 aromatic carbocycles. The van der Waals surface area contributed by atoms with E-state index in [4.69, 9.17) is 5.11 Å². The van der Waals surface area contributed by atoms with Crippen molar-refractivity contribution < 1.29 is 9.90 Å². The highest BCUT2D eigenvalue weighted by Gasteiger charge is 2.27. The van der Waals surface area contributed by atoms with Gasteiger partial charge in [0.05, 0.1) is 0 Å². The Labute approximate surface area is 111 Å². The minimum Gasteiger partial charge on any atom is -0.396 e. The Morgan fingerprint density at radius 3 is 2.72 bits per heavy atom. The Morgan fingerprint density at radius 2 is 2.17 bits per heavy atom. The minimum atomic E-state index is 0.0443. The Balaban J connectivity index is 2.52. The number of carbonyl (C=O) groups excluding carboxylic acids is 1. The van der Waals surface area contributed by atoms with E-state index in [0.717, 1.165) is 38.9 Å². The first kappa shape index (κ1) is 15.4. The number of nitrogens with one attached hydrogen (secondary N) is 1. The van der Waals surface area contributed by atoms with Crippen LogP contribution in [0, 0.1) is 11.8 Å². The van der Waals surface area contributed by atoms with Gasteiger partial charge in [-0.1, -0.05) is 20.8 Å². The number of carbonyl (C=O) groups is 1. The molecule has 0 aliphatic carbocycles. The molecule has 1 aliphatic heterocycles. The Morgan fingerprint density at radius 1 is 1.44 bits per heavy atom. The quantitative estimate of drug-likeness (QED) is 0.752. The van der Waals surface area contributed by atoms with E-state index < -0.39 is 0 Å². The maximum absolute atomic E-state index is 11.8. The van der Waals surface area contributed by atoms with Gasteiger partial charge in [-0.3, -0.25) is 4.79 Å². The molecule has 2 N–H and O–H groups in total. The van der Waals surface area contributed by atoms with Crippen molar-refractivity contribution in [3.63, 3.8) is 0 Å². The molecule has 4 heteroatoms. The van der Waals surface area contributed by atoms with Crippen LogP contribution >= 0.6 is 0 Å². The number of piperidine rings is 1. The third-order valence-electron chi connectivity index (χ3n) is 3.56. The van der Waals surface area contributed by atoms with Gasteiger partial charge in [0.2, 0.25) is 5.91 Å². The van der Waals surface area contributed by atoms with E-state index in [1.165, 1.54) is 0 Å². The summed E-state index contributed by atoms with van der Waals surface area (Å²) >= 11 is 0. The second kappa shape index (κ2) is 7.74. The summed E-state index contributed by atoms with van der Waals surface area (Å²) in [4.78, 5) is 14.2. The zero-order valence-corrected chi connectivity index (χ0v) is 12.0. The lowest BCUT2D eigenvalue weighted by atomic mass is 9.91. The van der Waals surface area contributed by atoms with Crippen LogP contribution < -0.4 is 5.32 Å². The van der Waals surface area contributed by atoms with E-state index in [1.807, 2.05) is 13.8 Å². The summed E-state index contributed by atoms with van der Waals surface area (Å²) < 4.78 is 0. The standard InChI is InChI=1S/C14H28N2O2/c1-4-6-16-9-12(5-7-17)8-13(10-16)15-14(18)11(2)3/h11-13,17H,4-10H2,1-3H3,(H,15,18). The van der Waals surface area contributed by atoms with Crippen LogP contribution in [-0.4, -0.2) is 48.2 Å². The van der Waals surface area contributed by atoms with Gasteiger partial charge in [0, 0.05) is 31.7 Å². The number of amides is 1.